The molecule has 1 fully saturated rings. The number of methoxy groups -OCH3 is 1. The summed E-state index contributed by atoms with van der Waals surface area (Å²) in [7, 11) is 1.80. The van der Waals surface area contributed by atoms with Crippen molar-refractivity contribution >= 4 is 0 Å². The fraction of sp³-hybridized carbons (Fsp3) is 0.812. The van der Waals surface area contributed by atoms with Gasteiger partial charge in [-0.3, -0.25) is 0 Å². The second-order valence-corrected chi connectivity index (χ2v) is 6.00. The maximum atomic E-state index is 6.44. The van der Waals surface area contributed by atoms with Gasteiger partial charge in [0.2, 0.25) is 0 Å². The topological polar surface area (TPSA) is 53.1 Å². The molecular formula is C16H29N3O. The van der Waals surface area contributed by atoms with Crippen LogP contribution >= 0.6 is 0 Å². The summed E-state index contributed by atoms with van der Waals surface area (Å²) in [5.74, 6) is 1.72. The molecule has 1 heterocycles. The van der Waals surface area contributed by atoms with E-state index in [9.17, 15) is 0 Å². The lowest BCUT2D eigenvalue weighted by molar-refractivity contribution is 0.0173. The van der Waals surface area contributed by atoms with Crippen molar-refractivity contribution in [2.45, 2.75) is 70.6 Å². The normalized spacial score (nSPS) is 19.9. The first-order valence-corrected chi connectivity index (χ1v) is 8.04. The predicted octanol–water partition coefficient (Wildman–Crippen LogP) is 2.76. The molecular weight excluding hydrogens is 250 g/mol. The van der Waals surface area contributed by atoms with Crippen LogP contribution in [-0.4, -0.2) is 28.8 Å². The second kappa shape index (κ2) is 7.79. The van der Waals surface area contributed by atoms with Gasteiger partial charge in [0.1, 0.15) is 5.82 Å². The van der Waals surface area contributed by atoms with Crippen LogP contribution in [0.15, 0.2) is 12.4 Å². The Morgan fingerprint density at radius 3 is 2.80 bits per heavy atom. The molecule has 0 radical (unpaired) electrons. The smallest absolute Gasteiger partial charge is 0.110 e. The highest BCUT2D eigenvalue weighted by Crippen LogP contribution is 2.29. The molecule has 1 aliphatic carbocycles. The number of hydrogen-bond acceptors (Lipinski definition) is 3. The summed E-state index contributed by atoms with van der Waals surface area (Å²) in [4.78, 5) is 4.46. The van der Waals surface area contributed by atoms with E-state index in [2.05, 4.69) is 16.5 Å². The Morgan fingerprint density at radius 2 is 2.15 bits per heavy atom. The highest BCUT2D eigenvalue weighted by atomic mass is 16.5. The van der Waals surface area contributed by atoms with Crippen molar-refractivity contribution in [2.24, 2.45) is 11.7 Å². The zero-order valence-electron chi connectivity index (χ0n) is 12.9. The van der Waals surface area contributed by atoms with Crippen LogP contribution in [0.2, 0.25) is 0 Å². The molecule has 20 heavy (non-hydrogen) atoms. The van der Waals surface area contributed by atoms with Crippen LogP contribution < -0.4 is 5.73 Å². The molecule has 1 saturated carbocycles. The van der Waals surface area contributed by atoms with Gasteiger partial charge in [-0.2, -0.15) is 0 Å². The molecule has 2 atom stereocenters. The van der Waals surface area contributed by atoms with Crippen LogP contribution in [0.4, 0.5) is 0 Å². The Bertz CT molecular complexity index is 385. The van der Waals surface area contributed by atoms with Crippen molar-refractivity contribution < 1.29 is 4.74 Å². The van der Waals surface area contributed by atoms with Gasteiger partial charge in [0, 0.05) is 38.5 Å². The Kier molecular flexibility index (Phi) is 6.05. The summed E-state index contributed by atoms with van der Waals surface area (Å²) >= 11 is 0. The van der Waals surface area contributed by atoms with Gasteiger partial charge in [-0.25, -0.2) is 4.98 Å². The molecule has 1 aliphatic rings. The molecule has 2 rings (SSSR count). The monoisotopic (exact) mass is 279 g/mol. The van der Waals surface area contributed by atoms with Gasteiger partial charge < -0.3 is 15.0 Å². The Labute approximate surface area is 122 Å². The van der Waals surface area contributed by atoms with Crippen molar-refractivity contribution in [1.82, 2.24) is 9.55 Å². The molecule has 1 aromatic rings. The zero-order valence-corrected chi connectivity index (χ0v) is 12.9. The van der Waals surface area contributed by atoms with E-state index in [0.29, 0.717) is 5.92 Å². The molecule has 0 amide bonds. The van der Waals surface area contributed by atoms with Crippen LogP contribution in [0.1, 0.15) is 51.3 Å². The molecule has 1 aromatic heterocycles. The van der Waals surface area contributed by atoms with E-state index in [0.717, 1.165) is 25.2 Å². The van der Waals surface area contributed by atoms with Gasteiger partial charge in [-0.05, 0) is 25.2 Å². The number of ether oxygens (including phenoxy) is 1. The second-order valence-electron chi connectivity index (χ2n) is 6.00. The maximum absolute atomic E-state index is 6.44. The summed E-state index contributed by atoms with van der Waals surface area (Å²) in [5, 5.41) is 0. The molecule has 4 heteroatoms. The fourth-order valence-corrected chi connectivity index (χ4v) is 3.48. The largest absolute Gasteiger partial charge is 0.380 e. The average molecular weight is 279 g/mol. The summed E-state index contributed by atoms with van der Waals surface area (Å²) in [6.07, 6.45) is 12.5. The van der Waals surface area contributed by atoms with Crippen molar-refractivity contribution in [3.8, 4) is 0 Å². The number of aryl methyl sites for hydroxylation is 1. The minimum Gasteiger partial charge on any atom is -0.380 e. The van der Waals surface area contributed by atoms with Crippen molar-refractivity contribution in [2.75, 3.05) is 7.11 Å². The standard InChI is InChI=1S/C16H29N3O/c1-3-10-19-11-9-18-15(19)12-14(17)16(20-2)13-7-5-4-6-8-13/h9,11,13-14,16H,3-8,10,12,17H2,1-2H3. The molecule has 0 aliphatic heterocycles. The van der Waals surface area contributed by atoms with Crippen molar-refractivity contribution in [3.63, 3.8) is 0 Å². The quantitative estimate of drug-likeness (QED) is 0.835. The van der Waals surface area contributed by atoms with E-state index in [1.807, 2.05) is 12.4 Å². The van der Waals surface area contributed by atoms with E-state index in [1.54, 1.807) is 7.11 Å². The van der Waals surface area contributed by atoms with Crippen LogP contribution in [0.3, 0.4) is 0 Å². The number of nitrogens with two attached hydrogens (primary N) is 1. The Balaban J connectivity index is 1.97. The summed E-state index contributed by atoms with van der Waals surface area (Å²) in [6.45, 7) is 3.20. The third-order valence-electron chi connectivity index (χ3n) is 4.49. The van der Waals surface area contributed by atoms with Crippen LogP contribution in [-0.2, 0) is 17.7 Å². The van der Waals surface area contributed by atoms with Gasteiger partial charge in [0.05, 0.1) is 6.10 Å². The number of imidazole rings is 1. The summed E-state index contributed by atoms with van der Waals surface area (Å²) in [6, 6.07) is 0.0427. The number of rotatable bonds is 7. The first-order chi connectivity index (χ1) is 9.76. The molecule has 4 nitrogen and oxygen atoms in total. The highest BCUT2D eigenvalue weighted by molar-refractivity contribution is 4.98. The van der Waals surface area contributed by atoms with Gasteiger partial charge in [0.25, 0.3) is 0 Å². The van der Waals surface area contributed by atoms with Crippen molar-refractivity contribution in [3.05, 3.63) is 18.2 Å². The third kappa shape index (κ3) is 3.83. The molecule has 2 unspecified atom stereocenters. The lowest BCUT2D eigenvalue weighted by atomic mass is 9.82. The van der Waals surface area contributed by atoms with E-state index >= 15 is 0 Å². The molecule has 0 bridgehead atoms. The van der Waals surface area contributed by atoms with Crippen LogP contribution in [0, 0.1) is 5.92 Å². The number of nitrogens with zero attached hydrogens (tertiary/aromatic N) is 2. The summed E-state index contributed by atoms with van der Waals surface area (Å²) in [5.41, 5.74) is 6.44. The Morgan fingerprint density at radius 1 is 1.40 bits per heavy atom. The minimum atomic E-state index is 0.0427. The van der Waals surface area contributed by atoms with Crippen LogP contribution in [0.25, 0.3) is 0 Å². The minimum absolute atomic E-state index is 0.0427. The molecule has 0 aromatic carbocycles. The Hall–Kier alpha value is -0.870. The molecule has 114 valence electrons. The lowest BCUT2D eigenvalue weighted by Crippen LogP contribution is -2.44. The van der Waals surface area contributed by atoms with E-state index < -0.39 is 0 Å². The molecule has 0 spiro atoms. The number of aromatic nitrogens is 2. The van der Waals surface area contributed by atoms with Crippen LogP contribution in [0.5, 0.6) is 0 Å². The third-order valence-corrected chi connectivity index (χ3v) is 4.49. The fourth-order valence-electron chi connectivity index (χ4n) is 3.48. The lowest BCUT2D eigenvalue weighted by Gasteiger charge is -2.33. The van der Waals surface area contributed by atoms with E-state index in [1.165, 1.54) is 32.1 Å². The van der Waals surface area contributed by atoms with Gasteiger partial charge in [-0.15, -0.1) is 0 Å². The number of hydrogen-bond donors (Lipinski definition) is 1. The van der Waals surface area contributed by atoms with Gasteiger partial charge >= 0.3 is 0 Å². The molecule has 2 N–H and O–H groups in total. The predicted molar refractivity (Wildman–Crippen MR) is 81.6 cm³/mol. The first kappa shape index (κ1) is 15.5. The first-order valence-electron chi connectivity index (χ1n) is 8.04. The summed E-state index contributed by atoms with van der Waals surface area (Å²) < 4.78 is 7.95. The van der Waals surface area contributed by atoms with E-state index in [-0.39, 0.29) is 12.1 Å². The van der Waals surface area contributed by atoms with E-state index in [4.69, 9.17) is 10.5 Å². The van der Waals surface area contributed by atoms with Crippen molar-refractivity contribution in [1.29, 1.82) is 0 Å². The molecule has 0 saturated heterocycles. The van der Waals surface area contributed by atoms with Gasteiger partial charge in [-0.1, -0.05) is 26.2 Å². The average Bonchev–Trinajstić information content (AvgIpc) is 2.88. The zero-order chi connectivity index (χ0) is 14.4. The highest BCUT2D eigenvalue weighted by Gasteiger charge is 2.29. The van der Waals surface area contributed by atoms with Gasteiger partial charge in [0.15, 0.2) is 0 Å². The SMILES string of the molecule is CCCn1ccnc1CC(N)C(OC)C1CCCCC1. The maximum Gasteiger partial charge on any atom is 0.110 e.